The number of hydrogen-bond acceptors (Lipinski definition) is 5. The van der Waals surface area contributed by atoms with Crippen LogP contribution in [0.1, 0.15) is 26.2 Å². The van der Waals surface area contributed by atoms with Crippen LogP contribution in [0.25, 0.3) is 0 Å². The molecule has 2 saturated heterocycles. The number of likely N-dealkylation sites (tertiary alicyclic amines) is 2. The van der Waals surface area contributed by atoms with Gasteiger partial charge in [-0.3, -0.25) is 4.79 Å². The third kappa shape index (κ3) is 2.78. The first-order valence-electron chi connectivity index (χ1n) is 8.58. The van der Waals surface area contributed by atoms with E-state index < -0.39 is 0 Å². The van der Waals surface area contributed by atoms with Crippen molar-refractivity contribution in [2.45, 2.75) is 31.7 Å². The topological polar surface area (TPSA) is 97.8 Å². The molecule has 1 spiro atoms. The van der Waals surface area contributed by atoms with E-state index in [4.69, 9.17) is 11.0 Å². The van der Waals surface area contributed by atoms with Gasteiger partial charge in [-0.15, -0.1) is 0 Å². The maximum Gasteiger partial charge on any atom is 0.237 e. The quantitative estimate of drug-likeness (QED) is 0.800. The number of hydrogen-bond donors (Lipinski definition) is 2. The van der Waals surface area contributed by atoms with Crippen LogP contribution >= 0.6 is 0 Å². The minimum atomic E-state index is -0.219. The summed E-state index contributed by atoms with van der Waals surface area (Å²) in [4.78, 5) is 20.5. The van der Waals surface area contributed by atoms with E-state index in [-0.39, 0.29) is 17.9 Å². The molecule has 1 amide bonds. The number of nitriles is 1. The van der Waals surface area contributed by atoms with Gasteiger partial charge in [0.1, 0.15) is 18.1 Å². The van der Waals surface area contributed by atoms with E-state index in [1.807, 2.05) is 17.0 Å². The molecule has 132 valence electrons. The van der Waals surface area contributed by atoms with Crippen molar-refractivity contribution in [1.82, 2.24) is 15.1 Å². The Morgan fingerprint density at radius 3 is 3.16 bits per heavy atom. The average molecular weight is 340 g/mol. The van der Waals surface area contributed by atoms with Gasteiger partial charge in [-0.2, -0.15) is 5.26 Å². The highest BCUT2D eigenvalue weighted by molar-refractivity contribution is 6.04. The van der Waals surface area contributed by atoms with Gasteiger partial charge in [0.05, 0.1) is 17.2 Å². The third-order valence-corrected chi connectivity index (χ3v) is 5.51. The van der Waals surface area contributed by atoms with Gasteiger partial charge in [-0.05, 0) is 24.8 Å². The number of rotatable bonds is 3. The van der Waals surface area contributed by atoms with Crippen LogP contribution in [0.3, 0.4) is 0 Å². The van der Waals surface area contributed by atoms with Crippen molar-refractivity contribution in [2.75, 3.05) is 19.6 Å². The van der Waals surface area contributed by atoms with Crippen LogP contribution in [0.15, 0.2) is 41.4 Å². The molecule has 3 heterocycles. The lowest BCUT2D eigenvalue weighted by Gasteiger charge is -2.61. The predicted octanol–water partition coefficient (Wildman–Crippen LogP) is 1.04. The lowest BCUT2D eigenvalue weighted by molar-refractivity contribution is -0.162. The molecule has 0 aromatic heterocycles. The van der Waals surface area contributed by atoms with Crippen LogP contribution in [-0.2, 0) is 4.79 Å². The molecule has 3 rings (SSSR count). The summed E-state index contributed by atoms with van der Waals surface area (Å²) in [6.07, 6.45) is 7.04. The summed E-state index contributed by atoms with van der Waals surface area (Å²) in [6, 6.07) is 1.97. The van der Waals surface area contributed by atoms with Crippen LogP contribution in [-0.4, -0.2) is 46.7 Å². The van der Waals surface area contributed by atoms with Crippen molar-refractivity contribution in [1.29, 1.82) is 5.26 Å². The van der Waals surface area contributed by atoms with Crippen molar-refractivity contribution in [3.63, 3.8) is 0 Å². The van der Waals surface area contributed by atoms with Gasteiger partial charge in [-0.1, -0.05) is 13.5 Å². The van der Waals surface area contributed by atoms with Crippen molar-refractivity contribution >= 4 is 11.7 Å². The van der Waals surface area contributed by atoms with E-state index in [0.29, 0.717) is 24.1 Å². The largest absolute Gasteiger partial charge is 0.385 e. The Labute approximate surface area is 148 Å². The summed E-state index contributed by atoms with van der Waals surface area (Å²) in [5, 5.41) is 11.9. The highest BCUT2D eigenvalue weighted by Crippen LogP contribution is 2.44. The smallest absolute Gasteiger partial charge is 0.237 e. The molecule has 2 fully saturated rings. The fraction of sp³-hybridized carbons (Fsp3) is 0.500. The molecule has 0 radical (unpaired) electrons. The second kappa shape index (κ2) is 6.63. The zero-order valence-corrected chi connectivity index (χ0v) is 14.5. The highest BCUT2D eigenvalue weighted by Gasteiger charge is 2.54. The Balaban J connectivity index is 1.85. The molecule has 3 aliphatic rings. The Morgan fingerprint density at radius 1 is 1.68 bits per heavy atom. The maximum atomic E-state index is 12.3. The monoisotopic (exact) mass is 340 g/mol. The van der Waals surface area contributed by atoms with E-state index >= 15 is 0 Å². The van der Waals surface area contributed by atoms with Crippen LogP contribution in [0, 0.1) is 17.2 Å². The molecule has 7 nitrogen and oxygen atoms in total. The predicted molar refractivity (Wildman–Crippen MR) is 95.8 cm³/mol. The normalized spacial score (nSPS) is 31.5. The molecule has 2 unspecified atom stereocenters. The Morgan fingerprint density at radius 2 is 2.48 bits per heavy atom. The molecular formula is C18H24N6O. The molecule has 0 aromatic rings. The molecule has 25 heavy (non-hydrogen) atoms. The van der Waals surface area contributed by atoms with E-state index in [1.54, 1.807) is 6.20 Å². The first-order valence-corrected chi connectivity index (χ1v) is 8.58. The van der Waals surface area contributed by atoms with E-state index in [2.05, 4.69) is 28.7 Å². The number of carbonyl (C=O) groups is 1. The first kappa shape index (κ1) is 17.1. The van der Waals surface area contributed by atoms with Crippen molar-refractivity contribution in [2.24, 2.45) is 16.6 Å². The van der Waals surface area contributed by atoms with Crippen molar-refractivity contribution in [3.05, 3.63) is 36.4 Å². The maximum absolute atomic E-state index is 12.3. The van der Waals surface area contributed by atoms with Gasteiger partial charge in [0.15, 0.2) is 0 Å². The number of piperidine rings is 1. The first-order chi connectivity index (χ1) is 12.0. The molecule has 0 aromatic carbocycles. The summed E-state index contributed by atoms with van der Waals surface area (Å²) in [6.45, 7) is 8.06. The van der Waals surface area contributed by atoms with Crippen molar-refractivity contribution < 1.29 is 4.79 Å². The van der Waals surface area contributed by atoms with Gasteiger partial charge < -0.3 is 20.9 Å². The summed E-state index contributed by atoms with van der Waals surface area (Å²) in [5.41, 5.74) is 7.07. The fourth-order valence-electron chi connectivity index (χ4n) is 4.12. The molecule has 3 N–H and O–H groups in total. The number of aliphatic imine (C=N–C) groups is 1. The lowest BCUT2D eigenvalue weighted by Crippen LogP contribution is -2.73. The van der Waals surface area contributed by atoms with Crippen LogP contribution in [0.2, 0.25) is 0 Å². The number of nitrogens with one attached hydrogen (secondary N) is 1. The number of amides is 1. The number of nitrogens with two attached hydrogens (primary N) is 1. The average Bonchev–Trinajstić information content (AvgIpc) is 3.07. The fourth-order valence-corrected chi connectivity index (χ4v) is 4.12. The lowest BCUT2D eigenvalue weighted by atomic mass is 9.69. The summed E-state index contributed by atoms with van der Waals surface area (Å²) in [5.74, 6) is 1.67. The third-order valence-electron chi connectivity index (χ3n) is 5.51. The zero-order valence-electron chi connectivity index (χ0n) is 14.5. The van der Waals surface area contributed by atoms with E-state index in [1.165, 1.54) is 6.20 Å². The summed E-state index contributed by atoms with van der Waals surface area (Å²) < 4.78 is 0. The van der Waals surface area contributed by atoms with Crippen molar-refractivity contribution in [3.8, 4) is 6.07 Å². The minimum absolute atomic E-state index is 0.0617. The van der Waals surface area contributed by atoms with Crippen LogP contribution in [0.5, 0.6) is 0 Å². The molecule has 3 aliphatic heterocycles. The second-order valence-corrected chi connectivity index (χ2v) is 6.81. The molecule has 0 bridgehead atoms. The number of nitrogens with zero attached hydrogens (tertiary/aromatic N) is 4. The minimum Gasteiger partial charge on any atom is -0.385 e. The van der Waals surface area contributed by atoms with Gasteiger partial charge in [0.25, 0.3) is 0 Å². The SMILES string of the molecule is C=C/N=C1/NC=C/C1=C(/N)N1CCCC2(C1)C(C)CN2C(=O)CC#N. The Hall–Kier alpha value is -2.75. The molecule has 7 heteroatoms. The van der Waals surface area contributed by atoms with Gasteiger partial charge in [0, 0.05) is 32.0 Å². The van der Waals surface area contributed by atoms with E-state index in [9.17, 15) is 4.79 Å². The molecule has 0 aliphatic carbocycles. The Bertz CT molecular complexity index is 716. The molecule has 0 saturated carbocycles. The standard InChI is InChI=1S/C18H24N6O/c1-3-21-17-14(6-9-22-17)16(20)23-10-4-7-18(12-23)13(2)11-24(18)15(25)5-8-19/h3,6,9,13H,1,4-5,7,10-12,20H2,2H3,(H,21,22)/b16-14+. The van der Waals surface area contributed by atoms with Gasteiger partial charge in [-0.25, -0.2) is 4.99 Å². The summed E-state index contributed by atoms with van der Waals surface area (Å²) >= 11 is 0. The highest BCUT2D eigenvalue weighted by atomic mass is 16.2. The van der Waals surface area contributed by atoms with Crippen LogP contribution in [0.4, 0.5) is 0 Å². The number of amidine groups is 1. The summed E-state index contributed by atoms with van der Waals surface area (Å²) in [7, 11) is 0. The van der Waals surface area contributed by atoms with Gasteiger partial charge >= 0.3 is 0 Å². The molecular weight excluding hydrogens is 316 g/mol. The van der Waals surface area contributed by atoms with Gasteiger partial charge in [0.2, 0.25) is 5.91 Å². The zero-order chi connectivity index (χ0) is 18.0. The Kier molecular flexibility index (Phi) is 4.53. The second-order valence-electron chi connectivity index (χ2n) is 6.81. The number of carbonyl (C=O) groups excluding carboxylic acids is 1. The molecule has 2 atom stereocenters. The van der Waals surface area contributed by atoms with E-state index in [0.717, 1.165) is 31.5 Å². The van der Waals surface area contributed by atoms with Crippen LogP contribution < -0.4 is 11.1 Å².